The van der Waals surface area contributed by atoms with E-state index in [1.54, 1.807) is 50.6 Å². The number of anilines is 1. The fourth-order valence-corrected chi connectivity index (χ4v) is 6.07. The molecule has 37 heavy (non-hydrogen) atoms. The molecule has 8 nitrogen and oxygen atoms in total. The van der Waals surface area contributed by atoms with Gasteiger partial charge in [-0.25, -0.2) is 0 Å². The van der Waals surface area contributed by atoms with Crippen LogP contribution in [0.2, 0.25) is 0 Å². The molecule has 0 aliphatic heterocycles. The summed E-state index contributed by atoms with van der Waals surface area (Å²) < 4.78 is 41.4. The van der Waals surface area contributed by atoms with Gasteiger partial charge in [-0.05, 0) is 67.6 Å². The Morgan fingerprint density at radius 1 is 0.892 bits per heavy atom. The number of benzene rings is 3. The van der Waals surface area contributed by atoms with Crippen LogP contribution in [-0.4, -0.2) is 41.1 Å². The maximum absolute atomic E-state index is 13.0. The zero-order chi connectivity index (χ0) is 26.3. The Bertz CT molecular complexity index is 1290. The van der Waals surface area contributed by atoms with Gasteiger partial charge in [0.25, 0.3) is 16.1 Å². The van der Waals surface area contributed by atoms with E-state index in [1.165, 1.54) is 0 Å². The second kappa shape index (κ2) is 11.7. The maximum Gasteiger partial charge on any atom is 0.299 e. The van der Waals surface area contributed by atoms with Crippen molar-refractivity contribution < 1.29 is 22.7 Å². The van der Waals surface area contributed by atoms with Gasteiger partial charge in [0.1, 0.15) is 11.5 Å². The minimum atomic E-state index is -3.75. The highest BCUT2D eigenvalue weighted by atomic mass is 32.2. The van der Waals surface area contributed by atoms with Crippen LogP contribution in [0.15, 0.2) is 78.9 Å². The van der Waals surface area contributed by atoms with Crippen molar-refractivity contribution in [1.29, 1.82) is 0 Å². The Morgan fingerprint density at radius 3 is 2.19 bits per heavy atom. The molecule has 196 valence electrons. The number of carbonyl (C=O) groups excluding carboxylic acids is 1. The number of para-hydroxylation sites is 1. The summed E-state index contributed by atoms with van der Waals surface area (Å²) in [4.78, 5) is 13.0. The lowest BCUT2D eigenvalue weighted by molar-refractivity contribution is 0.0932. The smallest absolute Gasteiger partial charge is 0.299 e. The van der Waals surface area contributed by atoms with Gasteiger partial charge < -0.3 is 14.8 Å². The van der Waals surface area contributed by atoms with Crippen LogP contribution in [0.5, 0.6) is 11.5 Å². The molecule has 0 atom stereocenters. The lowest BCUT2D eigenvalue weighted by atomic mass is 9.68. The highest BCUT2D eigenvalue weighted by Gasteiger charge is 2.38. The van der Waals surface area contributed by atoms with Crippen LogP contribution in [0.25, 0.3) is 0 Å². The summed E-state index contributed by atoms with van der Waals surface area (Å²) in [5, 5.41) is 3.11. The standard InChI is InChI=1S/C28H33N3O5S/c1-35-24-14-12-22(13-15-24)30-37(33,34)31-23-16-18-28(19-17-23,21-8-4-3-5-9-21)20-29-27(32)25-10-6-7-11-26(25)36-2/h3-15,23,30-31H,16-20H2,1-2H3,(H,29,32)/t23-,28-. The van der Waals surface area contributed by atoms with E-state index < -0.39 is 10.2 Å². The van der Waals surface area contributed by atoms with Gasteiger partial charge in [0.05, 0.1) is 25.5 Å². The van der Waals surface area contributed by atoms with Crippen LogP contribution in [-0.2, 0) is 15.6 Å². The fourth-order valence-electron chi connectivity index (χ4n) is 4.89. The van der Waals surface area contributed by atoms with Crippen molar-refractivity contribution in [3.63, 3.8) is 0 Å². The molecule has 3 aromatic rings. The van der Waals surface area contributed by atoms with E-state index in [0.717, 1.165) is 18.4 Å². The molecule has 4 rings (SSSR count). The molecule has 0 unspecified atom stereocenters. The molecular weight excluding hydrogens is 490 g/mol. The number of carbonyl (C=O) groups is 1. The molecule has 1 aliphatic rings. The van der Waals surface area contributed by atoms with Gasteiger partial charge in [0.2, 0.25) is 0 Å². The van der Waals surface area contributed by atoms with E-state index in [-0.39, 0.29) is 17.4 Å². The third-order valence-corrected chi connectivity index (χ3v) is 8.08. The molecule has 0 heterocycles. The average molecular weight is 524 g/mol. The third-order valence-electron chi connectivity index (χ3n) is 6.93. The molecule has 1 amide bonds. The zero-order valence-electron chi connectivity index (χ0n) is 21.1. The molecule has 3 aromatic carbocycles. The SMILES string of the molecule is COc1ccc(NS(=O)(=O)N[C@H]2CC[C@](CNC(=O)c3ccccc3OC)(c3ccccc3)CC2)cc1. The van der Waals surface area contributed by atoms with Crippen LogP contribution >= 0.6 is 0 Å². The van der Waals surface area contributed by atoms with Crippen LogP contribution in [0, 0.1) is 0 Å². The summed E-state index contributed by atoms with van der Waals surface area (Å²) in [5.74, 6) is 0.980. The van der Waals surface area contributed by atoms with Crippen LogP contribution in [0.3, 0.4) is 0 Å². The first-order valence-corrected chi connectivity index (χ1v) is 13.7. The summed E-state index contributed by atoms with van der Waals surface area (Å²) in [6.45, 7) is 0.442. The molecule has 0 spiro atoms. The Labute approximate surface area is 218 Å². The van der Waals surface area contributed by atoms with Gasteiger partial charge in [0, 0.05) is 18.0 Å². The lowest BCUT2D eigenvalue weighted by Gasteiger charge is -2.41. The van der Waals surface area contributed by atoms with Crippen LogP contribution in [0.1, 0.15) is 41.6 Å². The van der Waals surface area contributed by atoms with Crippen molar-refractivity contribution in [1.82, 2.24) is 10.0 Å². The fraction of sp³-hybridized carbons (Fsp3) is 0.321. The summed E-state index contributed by atoms with van der Waals surface area (Å²) in [7, 11) is -0.646. The largest absolute Gasteiger partial charge is 0.497 e. The number of methoxy groups -OCH3 is 2. The van der Waals surface area contributed by atoms with E-state index in [0.29, 0.717) is 42.1 Å². The van der Waals surface area contributed by atoms with Gasteiger partial charge in [-0.15, -0.1) is 0 Å². The summed E-state index contributed by atoms with van der Waals surface area (Å²) in [5.41, 5.74) is 1.78. The van der Waals surface area contributed by atoms with Crippen molar-refractivity contribution >= 4 is 21.8 Å². The zero-order valence-corrected chi connectivity index (χ0v) is 21.9. The van der Waals surface area contributed by atoms with E-state index in [2.05, 4.69) is 26.9 Å². The molecule has 1 fully saturated rings. The molecule has 0 radical (unpaired) electrons. The van der Waals surface area contributed by atoms with Crippen molar-refractivity contribution in [3.05, 3.63) is 90.0 Å². The van der Waals surface area contributed by atoms with E-state index in [1.807, 2.05) is 30.3 Å². The van der Waals surface area contributed by atoms with Gasteiger partial charge in [-0.3, -0.25) is 9.52 Å². The molecule has 9 heteroatoms. The molecule has 0 saturated heterocycles. The van der Waals surface area contributed by atoms with Gasteiger partial charge >= 0.3 is 0 Å². The lowest BCUT2D eigenvalue weighted by Crippen LogP contribution is -2.48. The number of hydrogen-bond acceptors (Lipinski definition) is 5. The molecular formula is C28H33N3O5S. The molecule has 0 bridgehead atoms. The normalized spacial score (nSPS) is 19.6. The highest BCUT2D eigenvalue weighted by molar-refractivity contribution is 7.90. The van der Waals surface area contributed by atoms with Crippen molar-refractivity contribution in [2.45, 2.75) is 37.1 Å². The summed E-state index contributed by atoms with van der Waals surface area (Å²) in [6, 6.07) is 23.7. The van der Waals surface area contributed by atoms with Gasteiger partial charge in [-0.2, -0.15) is 13.1 Å². The Balaban J connectivity index is 1.42. The maximum atomic E-state index is 13.0. The predicted octanol–water partition coefficient (Wildman–Crippen LogP) is 4.26. The Morgan fingerprint density at radius 2 is 1.54 bits per heavy atom. The van der Waals surface area contributed by atoms with Gasteiger partial charge in [-0.1, -0.05) is 42.5 Å². The van der Waals surface area contributed by atoms with Crippen LogP contribution < -0.4 is 24.2 Å². The summed E-state index contributed by atoms with van der Waals surface area (Å²) in [6.07, 6.45) is 2.73. The number of hydrogen-bond donors (Lipinski definition) is 3. The Kier molecular flexibility index (Phi) is 8.35. The molecule has 3 N–H and O–H groups in total. The van der Waals surface area contributed by atoms with Crippen molar-refractivity contribution in [2.24, 2.45) is 0 Å². The first kappa shape index (κ1) is 26.5. The monoisotopic (exact) mass is 523 g/mol. The minimum Gasteiger partial charge on any atom is -0.497 e. The molecule has 1 saturated carbocycles. The van der Waals surface area contributed by atoms with E-state index in [9.17, 15) is 13.2 Å². The number of nitrogens with one attached hydrogen (secondary N) is 3. The Hall–Kier alpha value is -3.56. The molecule has 1 aliphatic carbocycles. The number of ether oxygens (including phenoxy) is 2. The van der Waals surface area contributed by atoms with Crippen molar-refractivity contribution in [3.8, 4) is 11.5 Å². The second-order valence-corrected chi connectivity index (χ2v) is 10.7. The van der Waals surface area contributed by atoms with Crippen molar-refractivity contribution in [2.75, 3.05) is 25.5 Å². The van der Waals surface area contributed by atoms with E-state index >= 15 is 0 Å². The first-order valence-electron chi connectivity index (χ1n) is 12.2. The summed E-state index contributed by atoms with van der Waals surface area (Å²) >= 11 is 0. The first-order chi connectivity index (χ1) is 17.8. The second-order valence-electron chi connectivity index (χ2n) is 9.26. The predicted molar refractivity (Wildman–Crippen MR) is 144 cm³/mol. The third kappa shape index (κ3) is 6.61. The molecule has 0 aromatic heterocycles. The minimum absolute atomic E-state index is 0.195. The number of amides is 1. The van der Waals surface area contributed by atoms with E-state index in [4.69, 9.17) is 9.47 Å². The average Bonchev–Trinajstić information content (AvgIpc) is 2.93. The van der Waals surface area contributed by atoms with Crippen LogP contribution in [0.4, 0.5) is 5.69 Å². The highest BCUT2D eigenvalue weighted by Crippen LogP contribution is 2.39. The number of rotatable bonds is 10. The van der Waals surface area contributed by atoms with Gasteiger partial charge in [0.15, 0.2) is 0 Å². The topological polar surface area (TPSA) is 106 Å². The quantitative estimate of drug-likeness (QED) is 0.368.